The van der Waals surface area contributed by atoms with Gasteiger partial charge < -0.3 is 4.74 Å². The molecule has 6 heteroatoms. The molecule has 0 N–H and O–H groups in total. The quantitative estimate of drug-likeness (QED) is 0.466. The zero-order valence-corrected chi connectivity index (χ0v) is 16.0. The van der Waals surface area contributed by atoms with Crippen LogP contribution in [0.2, 0.25) is 0 Å². The van der Waals surface area contributed by atoms with Crippen LogP contribution in [0.3, 0.4) is 0 Å². The van der Waals surface area contributed by atoms with E-state index in [1.54, 1.807) is 7.11 Å². The van der Waals surface area contributed by atoms with Gasteiger partial charge in [-0.15, -0.1) is 11.8 Å². The molecule has 0 atom stereocenters. The van der Waals surface area contributed by atoms with Crippen molar-refractivity contribution in [3.8, 4) is 23.1 Å². The standard InChI is InChI=1S/C22H18F2N2OS/c1-27-17-9-7-15(8-10-17)11-12-28-22-19(14-25)18(21(23)24)13-20(26-22)16-5-3-2-4-6-16/h2-10,13,21H,11-12H2,1H3. The van der Waals surface area contributed by atoms with Crippen molar-refractivity contribution >= 4 is 11.8 Å². The number of aryl methyl sites for hydroxylation is 1. The van der Waals surface area contributed by atoms with Crippen LogP contribution in [0.25, 0.3) is 11.3 Å². The van der Waals surface area contributed by atoms with Crippen molar-refractivity contribution < 1.29 is 13.5 Å². The van der Waals surface area contributed by atoms with Gasteiger partial charge in [0.25, 0.3) is 6.43 Å². The smallest absolute Gasteiger partial charge is 0.265 e. The number of methoxy groups -OCH3 is 1. The van der Waals surface area contributed by atoms with Gasteiger partial charge in [-0.2, -0.15) is 5.26 Å². The Morgan fingerprint density at radius 2 is 1.82 bits per heavy atom. The molecule has 0 unspecified atom stereocenters. The molecule has 0 bridgehead atoms. The predicted octanol–water partition coefficient (Wildman–Crippen LogP) is 5.90. The summed E-state index contributed by atoms with van der Waals surface area (Å²) >= 11 is 1.32. The van der Waals surface area contributed by atoms with E-state index in [-0.39, 0.29) is 11.1 Å². The van der Waals surface area contributed by atoms with Crippen molar-refractivity contribution in [3.05, 3.63) is 77.4 Å². The molecule has 0 aliphatic heterocycles. The number of ether oxygens (including phenoxy) is 1. The number of rotatable bonds is 7. The van der Waals surface area contributed by atoms with Crippen LogP contribution in [-0.2, 0) is 6.42 Å². The third-order valence-electron chi connectivity index (χ3n) is 4.22. The molecule has 0 radical (unpaired) electrons. The highest BCUT2D eigenvalue weighted by Gasteiger charge is 2.20. The van der Waals surface area contributed by atoms with E-state index in [1.165, 1.54) is 17.8 Å². The van der Waals surface area contributed by atoms with Gasteiger partial charge in [0.2, 0.25) is 0 Å². The van der Waals surface area contributed by atoms with Crippen LogP contribution in [-0.4, -0.2) is 17.8 Å². The van der Waals surface area contributed by atoms with Crippen molar-refractivity contribution in [2.75, 3.05) is 12.9 Å². The van der Waals surface area contributed by atoms with Crippen molar-refractivity contribution in [1.29, 1.82) is 5.26 Å². The highest BCUT2D eigenvalue weighted by Crippen LogP contribution is 2.33. The van der Waals surface area contributed by atoms with Gasteiger partial charge in [0.1, 0.15) is 16.8 Å². The zero-order chi connectivity index (χ0) is 19.9. The lowest BCUT2D eigenvalue weighted by atomic mass is 10.1. The van der Waals surface area contributed by atoms with Crippen molar-refractivity contribution in [2.45, 2.75) is 17.9 Å². The van der Waals surface area contributed by atoms with E-state index in [0.29, 0.717) is 16.5 Å². The average Bonchev–Trinajstić information content (AvgIpc) is 2.74. The molecule has 0 fully saturated rings. The number of benzene rings is 2. The number of alkyl halides is 2. The van der Waals surface area contributed by atoms with E-state index in [1.807, 2.05) is 60.7 Å². The summed E-state index contributed by atoms with van der Waals surface area (Å²) in [5.74, 6) is 1.40. The van der Waals surface area contributed by atoms with Crippen molar-refractivity contribution in [2.24, 2.45) is 0 Å². The predicted molar refractivity (Wildman–Crippen MR) is 107 cm³/mol. The van der Waals surface area contributed by atoms with E-state index in [9.17, 15) is 14.0 Å². The zero-order valence-electron chi connectivity index (χ0n) is 15.2. The first-order chi connectivity index (χ1) is 13.6. The number of hydrogen-bond acceptors (Lipinski definition) is 4. The SMILES string of the molecule is COc1ccc(CCSc2nc(-c3ccccc3)cc(C(F)F)c2C#N)cc1. The first kappa shape index (κ1) is 19.8. The minimum atomic E-state index is -2.74. The summed E-state index contributed by atoms with van der Waals surface area (Å²) in [6.45, 7) is 0. The normalized spacial score (nSPS) is 10.7. The van der Waals surface area contributed by atoms with Crippen LogP contribution in [0, 0.1) is 11.3 Å². The lowest BCUT2D eigenvalue weighted by molar-refractivity contribution is 0.150. The van der Waals surface area contributed by atoms with Gasteiger partial charge in [-0.3, -0.25) is 0 Å². The van der Waals surface area contributed by atoms with E-state index in [0.717, 1.165) is 23.3 Å². The highest BCUT2D eigenvalue weighted by molar-refractivity contribution is 7.99. The number of aromatic nitrogens is 1. The number of thioether (sulfide) groups is 1. The molecule has 0 spiro atoms. The summed E-state index contributed by atoms with van der Waals surface area (Å²) in [7, 11) is 1.61. The summed E-state index contributed by atoms with van der Waals surface area (Å²) in [6, 6.07) is 20.0. The van der Waals surface area contributed by atoms with Gasteiger partial charge in [-0.05, 0) is 30.2 Å². The van der Waals surface area contributed by atoms with Gasteiger partial charge in [-0.25, -0.2) is 13.8 Å². The molecule has 3 nitrogen and oxygen atoms in total. The Morgan fingerprint density at radius 3 is 2.43 bits per heavy atom. The van der Waals surface area contributed by atoms with E-state index < -0.39 is 6.43 Å². The number of nitrogens with zero attached hydrogens (tertiary/aromatic N) is 2. The van der Waals surface area contributed by atoms with Crippen LogP contribution in [0.5, 0.6) is 5.75 Å². The molecule has 3 rings (SSSR count). The van der Waals surface area contributed by atoms with Gasteiger partial charge in [0, 0.05) is 16.9 Å². The minimum Gasteiger partial charge on any atom is -0.497 e. The second kappa shape index (κ2) is 9.34. The molecule has 0 amide bonds. The molecule has 2 aromatic carbocycles. The fraction of sp³-hybridized carbons (Fsp3) is 0.182. The molecule has 0 saturated heterocycles. The Balaban J connectivity index is 1.85. The Kier molecular flexibility index (Phi) is 6.62. The summed E-state index contributed by atoms with van der Waals surface area (Å²) in [4.78, 5) is 4.50. The molecule has 142 valence electrons. The van der Waals surface area contributed by atoms with Crippen LogP contribution in [0.1, 0.15) is 23.1 Å². The lowest BCUT2D eigenvalue weighted by Gasteiger charge is -2.12. The fourth-order valence-corrected chi connectivity index (χ4v) is 3.75. The molecular formula is C22H18F2N2OS. The van der Waals surface area contributed by atoms with E-state index in [2.05, 4.69) is 4.98 Å². The molecule has 0 saturated carbocycles. The Labute approximate surface area is 167 Å². The summed E-state index contributed by atoms with van der Waals surface area (Å²) < 4.78 is 32.2. The number of hydrogen-bond donors (Lipinski definition) is 0. The first-order valence-electron chi connectivity index (χ1n) is 8.66. The topological polar surface area (TPSA) is 45.9 Å². The Hall–Kier alpha value is -2.91. The lowest BCUT2D eigenvalue weighted by Crippen LogP contribution is -2.00. The first-order valence-corrected chi connectivity index (χ1v) is 9.65. The average molecular weight is 396 g/mol. The molecular weight excluding hydrogens is 378 g/mol. The fourth-order valence-electron chi connectivity index (χ4n) is 2.74. The maximum atomic E-state index is 13.5. The number of halogens is 2. The maximum absolute atomic E-state index is 13.5. The molecule has 1 heterocycles. The largest absolute Gasteiger partial charge is 0.497 e. The summed E-state index contributed by atoms with van der Waals surface area (Å²) in [5, 5.41) is 9.77. The van der Waals surface area contributed by atoms with Gasteiger partial charge >= 0.3 is 0 Å². The summed E-state index contributed by atoms with van der Waals surface area (Å²) in [5.41, 5.74) is 1.96. The molecule has 3 aromatic rings. The van der Waals surface area contributed by atoms with Crippen LogP contribution >= 0.6 is 11.8 Å². The second-order valence-electron chi connectivity index (χ2n) is 6.00. The summed E-state index contributed by atoms with van der Waals surface area (Å²) in [6.07, 6.45) is -2.01. The van der Waals surface area contributed by atoms with Crippen LogP contribution < -0.4 is 4.74 Å². The van der Waals surface area contributed by atoms with E-state index >= 15 is 0 Å². The van der Waals surface area contributed by atoms with E-state index in [4.69, 9.17) is 4.74 Å². The Morgan fingerprint density at radius 1 is 1.11 bits per heavy atom. The van der Waals surface area contributed by atoms with Gasteiger partial charge in [0.15, 0.2) is 0 Å². The van der Waals surface area contributed by atoms with Crippen LogP contribution in [0.15, 0.2) is 65.7 Å². The Bertz CT molecular complexity index is 970. The van der Waals surface area contributed by atoms with Gasteiger partial charge in [-0.1, -0.05) is 42.5 Å². The van der Waals surface area contributed by atoms with Crippen LogP contribution in [0.4, 0.5) is 8.78 Å². The maximum Gasteiger partial charge on any atom is 0.265 e. The monoisotopic (exact) mass is 396 g/mol. The second-order valence-corrected chi connectivity index (χ2v) is 7.09. The van der Waals surface area contributed by atoms with Crippen molar-refractivity contribution in [1.82, 2.24) is 4.98 Å². The molecule has 1 aromatic heterocycles. The molecule has 0 aliphatic rings. The molecule has 28 heavy (non-hydrogen) atoms. The third-order valence-corrected chi connectivity index (χ3v) is 5.20. The highest BCUT2D eigenvalue weighted by atomic mass is 32.2. The number of nitriles is 1. The van der Waals surface area contributed by atoms with Crippen molar-refractivity contribution in [3.63, 3.8) is 0 Å². The minimum absolute atomic E-state index is 0.0468. The number of pyridine rings is 1. The third kappa shape index (κ3) is 4.68. The molecule has 0 aliphatic carbocycles. The van der Waals surface area contributed by atoms with Gasteiger partial charge in [0.05, 0.1) is 18.4 Å².